The summed E-state index contributed by atoms with van der Waals surface area (Å²) in [6.07, 6.45) is -1.97. The number of benzene rings is 1. The number of allylic oxidation sites excluding steroid dienone is 1. The van der Waals surface area contributed by atoms with Crippen molar-refractivity contribution in [2.24, 2.45) is 5.92 Å². The molecular formula is C25H34F3N3O5. The summed E-state index contributed by atoms with van der Waals surface area (Å²) in [5, 5.41) is 7.13. The Balaban J connectivity index is 2.96. The first-order chi connectivity index (χ1) is 16.9. The van der Waals surface area contributed by atoms with E-state index in [0.717, 1.165) is 0 Å². The van der Waals surface area contributed by atoms with E-state index in [1.807, 2.05) is 19.2 Å². The van der Waals surface area contributed by atoms with Gasteiger partial charge in [0.1, 0.15) is 12.1 Å². The maximum absolute atomic E-state index is 13.1. The third-order valence-electron chi connectivity index (χ3n) is 4.96. The van der Waals surface area contributed by atoms with E-state index in [-0.39, 0.29) is 31.1 Å². The number of halogens is 3. The van der Waals surface area contributed by atoms with Crippen LogP contribution in [0.25, 0.3) is 0 Å². The molecule has 1 rings (SSSR count). The first kappa shape index (κ1) is 30.7. The molecular weight excluding hydrogens is 479 g/mol. The molecule has 200 valence electrons. The van der Waals surface area contributed by atoms with Crippen molar-refractivity contribution in [1.29, 1.82) is 0 Å². The Hall–Kier alpha value is -3.37. The van der Waals surface area contributed by atoms with E-state index < -0.39 is 48.8 Å². The molecule has 0 aliphatic carbocycles. The third kappa shape index (κ3) is 12.9. The van der Waals surface area contributed by atoms with Crippen LogP contribution in [0, 0.1) is 5.92 Å². The van der Waals surface area contributed by atoms with E-state index in [0.29, 0.717) is 12.0 Å². The van der Waals surface area contributed by atoms with Crippen molar-refractivity contribution in [2.45, 2.75) is 64.2 Å². The van der Waals surface area contributed by atoms with Crippen LogP contribution in [-0.4, -0.2) is 55.4 Å². The van der Waals surface area contributed by atoms with Gasteiger partial charge in [-0.2, -0.15) is 13.2 Å². The summed E-state index contributed by atoms with van der Waals surface area (Å²) in [5.74, 6) is -3.33. The van der Waals surface area contributed by atoms with Gasteiger partial charge in [0.15, 0.2) is 0 Å². The van der Waals surface area contributed by atoms with Crippen LogP contribution in [-0.2, 0) is 30.3 Å². The van der Waals surface area contributed by atoms with Crippen LogP contribution >= 0.6 is 0 Å². The predicted molar refractivity (Wildman–Crippen MR) is 128 cm³/mol. The molecule has 0 spiro atoms. The molecule has 36 heavy (non-hydrogen) atoms. The molecule has 3 N–H and O–H groups in total. The lowest BCUT2D eigenvalue weighted by Gasteiger charge is -2.24. The zero-order valence-electron chi connectivity index (χ0n) is 20.7. The van der Waals surface area contributed by atoms with E-state index >= 15 is 0 Å². The molecule has 8 nitrogen and oxygen atoms in total. The minimum atomic E-state index is -4.49. The first-order valence-electron chi connectivity index (χ1n) is 11.6. The van der Waals surface area contributed by atoms with Gasteiger partial charge in [-0.1, -0.05) is 44.2 Å². The van der Waals surface area contributed by atoms with Crippen LogP contribution in [0.15, 0.2) is 42.7 Å². The van der Waals surface area contributed by atoms with Crippen LogP contribution in [0.4, 0.5) is 13.2 Å². The Morgan fingerprint density at radius 2 is 1.69 bits per heavy atom. The van der Waals surface area contributed by atoms with Crippen LogP contribution in [0.3, 0.4) is 0 Å². The summed E-state index contributed by atoms with van der Waals surface area (Å²) in [5.41, 5.74) is 0.633. The number of carbonyl (C=O) groups is 4. The number of rotatable bonds is 15. The average Bonchev–Trinajstić information content (AvgIpc) is 2.80. The van der Waals surface area contributed by atoms with Crippen molar-refractivity contribution in [3.05, 3.63) is 48.2 Å². The van der Waals surface area contributed by atoms with Gasteiger partial charge in [0.2, 0.25) is 17.6 Å². The highest BCUT2D eigenvalue weighted by Crippen LogP contribution is 2.18. The lowest BCUT2D eigenvalue weighted by atomic mass is 9.99. The Bertz CT molecular complexity index is 889. The minimum Gasteiger partial charge on any atom is -0.505 e. The fourth-order valence-corrected chi connectivity index (χ4v) is 3.24. The van der Waals surface area contributed by atoms with Crippen molar-refractivity contribution >= 4 is 23.5 Å². The van der Waals surface area contributed by atoms with Gasteiger partial charge < -0.3 is 20.7 Å². The summed E-state index contributed by atoms with van der Waals surface area (Å²) in [6.45, 7) is 2.95. The normalized spacial score (nSPS) is 13.2. The minimum absolute atomic E-state index is 0.0170. The number of carbonyl (C=O) groups excluding carboxylic acids is 4. The van der Waals surface area contributed by atoms with Gasteiger partial charge in [0, 0.05) is 19.4 Å². The second-order valence-corrected chi connectivity index (χ2v) is 8.63. The second-order valence-electron chi connectivity index (χ2n) is 8.63. The molecule has 1 aromatic carbocycles. The van der Waals surface area contributed by atoms with Crippen LogP contribution < -0.4 is 16.0 Å². The molecule has 0 saturated carbocycles. The fourth-order valence-electron chi connectivity index (χ4n) is 3.24. The molecule has 0 unspecified atom stereocenters. The summed E-state index contributed by atoms with van der Waals surface area (Å²) >= 11 is 0. The third-order valence-corrected chi connectivity index (χ3v) is 4.96. The fraction of sp³-hybridized carbons (Fsp3) is 0.520. The van der Waals surface area contributed by atoms with E-state index in [1.165, 1.54) is 13.4 Å². The smallest absolute Gasteiger partial charge is 0.390 e. The van der Waals surface area contributed by atoms with Crippen molar-refractivity contribution in [3.63, 3.8) is 0 Å². The predicted octanol–water partition coefficient (Wildman–Crippen LogP) is 2.82. The SMILES string of the molecule is CO/C=C/CCC(=O)N[C@@H](CC(C)C)C(=O)N[C@@H](Cc1ccccc1)C(=O)C(=O)NCCC(F)(F)F. The van der Waals surface area contributed by atoms with Crippen LogP contribution in [0.5, 0.6) is 0 Å². The highest BCUT2D eigenvalue weighted by atomic mass is 19.4. The lowest BCUT2D eigenvalue weighted by molar-refractivity contribution is -0.143. The van der Waals surface area contributed by atoms with E-state index in [2.05, 4.69) is 10.6 Å². The molecule has 0 fully saturated rings. The van der Waals surface area contributed by atoms with Crippen molar-refractivity contribution in [3.8, 4) is 0 Å². The Morgan fingerprint density at radius 3 is 2.28 bits per heavy atom. The standard InChI is InChI=1S/C25H34F3N3O5/c1-17(2)15-20(30-21(32)11-7-8-14-36-3)23(34)31-19(16-18-9-5-4-6-10-18)22(33)24(35)29-13-12-25(26,27)28/h4-6,8-10,14,17,19-20H,7,11-13,15-16H2,1-3H3,(H,29,35)(H,30,32)(H,31,34)/b14-8+/t19-,20-/m0/s1. The Labute approximate surface area is 209 Å². The van der Waals surface area contributed by atoms with Gasteiger partial charge >= 0.3 is 6.18 Å². The van der Waals surface area contributed by atoms with Gasteiger partial charge in [-0.25, -0.2) is 0 Å². The molecule has 0 aliphatic heterocycles. The molecule has 0 aliphatic rings. The number of hydrogen-bond donors (Lipinski definition) is 3. The van der Waals surface area contributed by atoms with E-state index in [9.17, 15) is 32.3 Å². The van der Waals surface area contributed by atoms with Gasteiger partial charge in [-0.05, 0) is 30.4 Å². The molecule has 2 atom stereocenters. The molecule has 0 heterocycles. The Morgan fingerprint density at radius 1 is 1.03 bits per heavy atom. The van der Waals surface area contributed by atoms with Gasteiger partial charge in [0.05, 0.1) is 19.8 Å². The number of hydrogen-bond acceptors (Lipinski definition) is 5. The second kappa shape index (κ2) is 15.6. The van der Waals surface area contributed by atoms with E-state index in [4.69, 9.17) is 4.74 Å². The van der Waals surface area contributed by atoms with Crippen LogP contribution in [0.2, 0.25) is 0 Å². The number of methoxy groups -OCH3 is 1. The molecule has 0 aromatic heterocycles. The summed E-state index contributed by atoms with van der Waals surface area (Å²) in [7, 11) is 1.48. The summed E-state index contributed by atoms with van der Waals surface area (Å²) < 4.78 is 42.0. The van der Waals surface area contributed by atoms with Gasteiger partial charge in [-0.15, -0.1) is 0 Å². The number of amides is 3. The van der Waals surface area contributed by atoms with Crippen molar-refractivity contribution in [2.75, 3.05) is 13.7 Å². The van der Waals surface area contributed by atoms with E-state index in [1.54, 1.807) is 36.4 Å². The highest BCUT2D eigenvalue weighted by molar-refractivity contribution is 6.38. The topological polar surface area (TPSA) is 114 Å². The number of nitrogens with one attached hydrogen (secondary N) is 3. The number of ketones is 1. The maximum Gasteiger partial charge on any atom is 0.390 e. The zero-order chi connectivity index (χ0) is 27.1. The molecule has 1 aromatic rings. The summed E-state index contributed by atoms with van der Waals surface area (Å²) in [4.78, 5) is 50.5. The maximum atomic E-state index is 13.1. The molecule has 0 bridgehead atoms. The monoisotopic (exact) mass is 513 g/mol. The largest absolute Gasteiger partial charge is 0.505 e. The number of Topliss-reactive ketones (excluding diaryl/α,β-unsaturated/α-hetero) is 1. The van der Waals surface area contributed by atoms with Crippen LogP contribution in [0.1, 0.15) is 45.1 Å². The Kier molecular flexibility index (Phi) is 13.3. The van der Waals surface area contributed by atoms with Crippen molar-refractivity contribution in [1.82, 2.24) is 16.0 Å². The van der Waals surface area contributed by atoms with Gasteiger partial charge in [0.25, 0.3) is 5.91 Å². The number of alkyl halides is 3. The molecule has 3 amide bonds. The zero-order valence-corrected chi connectivity index (χ0v) is 20.7. The number of ether oxygens (including phenoxy) is 1. The highest BCUT2D eigenvalue weighted by Gasteiger charge is 2.32. The quantitative estimate of drug-likeness (QED) is 0.247. The lowest BCUT2D eigenvalue weighted by Crippen LogP contribution is -2.55. The van der Waals surface area contributed by atoms with Gasteiger partial charge in [-0.3, -0.25) is 19.2 Å². The average molecular weight is 514 g/mol. The molecule has 0 saturated heterocycles. The molecule has 0 radical (unpaired) electrons. The van der Waals surface area contributed by atoms with Crippen molar-refractivity contribution < 1.29 is 37.1 Å². The first-order valence-corrected chi connectivity index (χ1v) is 11.6. The summed E-state index contributed by atoms with van der Waals surface area (Å²) in [6, 6.07) is 6.25. The molecule has 11 heteroatoms.